The van der Waals surface area contributed by atoms with Gasteiger partial charge in [-0.2, -0.15) is 0 Å². The maximum absolute atomic E-state index is 14.2. The zero-order valence-electron chi connectivity index (χ0n) is 12.4. The number of halogens is 1. The SMILES string of the molecule is CC(C)NCc1ccnc(OCCN2CCCC2)c1F. The lowest BCUT2D eigenvalue weighted by Crippen LogP contribution is -2.25. The fraction of sp³-hybridized carbons (Fsp3) is 0.667. The molecule has 0 aromatic carbocycles. The van der Waals surface area contributed by atoms with Gasteiger partial charge in [0.05, 0.1) is 0 Å². The third-order valence-electron chi connectivity index (χ3n) is 3.48. The van der Waals surface area contributed by atoms with Crippen LogP contribution in [0.1, 0.15) is 32.3 Å². The van der Waals surface area contributed by atoms with Crippen LogP contribution in [0.25, 0.3) is 0 Å². The van der Waals surface area contributed by atoms with E-state index in [0.29, 0.717) is 24.8 Å². The number of hydrogen-bond acceptors (Lipinski definition) is 4. The topological polar surface area (TPSA) is 37.4 Å². The first-order chi connectivity index (χ1) is 9.66. The van der Waals surface area contributed by atoms with E-state index in [1.807, 2.05) is 13.8 Å². The number of nitrogens with zero attached hydrogens (tertiary/aromatic N) is 2. The first kappa shape index (κ1) is 15.2. The third kappa shape index (κ3) is 4.42. The molecule has 20 heavy (non-hydrogen) atoms. The first-order valence-corrected chi connectivity index (χ1v) is 7.38. The molecule has 1 fully saturated rings. The quantitative estimate of drug-likeness (QED) is 0.831. The highest BCUT2D eigenvalue weighted by Gasteiger charge is 2.13. The predicted molar refractivity (Wildman–Crippen MR) is 77.3 cm³/mol. The molecule has 0 unspecified atom stereocenters. The molecule has 1 aromatic heterocycles. The van der Waals surface area contributed by atoms with Crippen LogP contribution in [0.5, 0.6) is 5.88 Å². The summed E-state index contributed by atoms with van der Waals surface area (Å²) in [6, 6.07) is 2.01. The standard InChI is InChI=1S/C15H24FN3O/c1-12(2)18-11-13-5-6-17-15(14(13)16)20-10-9-19-7-3-4-8-19/h5-6,12,18H,3-4,7-11H2,1-2H3. The fourth-order valence-corrected chi connectivity index (χ4v) is 2.29. The van der Waals surface area contributed by atoms with Crippen LogP contribution in [0.4, 0.5) is 4.39 Å². The van der Waals surface area contributed by atoms with Crippen LogP contribution in [0.2, 0.25) is 0 Å². The van der Waals surface area contributed by atoms with Gasteiger partial charge in [-0.1, -0.05) is 13.8 Å². The van der Waals surface area contributed by atoms with Gasteiger partial charge in [-0.15, -0.1) is 0 Å². The summed E-state index contributed by atoms with van der Waals surface area (Å²) < 4.78 is 19.7. The van der Waals surface area contributed by atoms with E-state index < -0.39 is 0 Å². The number of ether oxygens (including phenoxy) is 1. The van der Waals surface area contributed by atoms with Crippen molar-refractivity contribution in [2.45, 2.75) is 39.3 Å². The minimum absolute atomic E-state index is 0.118. The van der Waals surface area contributed by atoms with E-state index in [0.717, 1.165) is 19.6 Å². The Hall–Kier alpha value is -1.20. The Morgan fingerprint density at radius 3 is 2.85 bits per heavy atom. The Morgan fingerprint density at radius 2 is 2.15 bits per heavy atom. The summed E-state index contributed by atoms with van der Waals surface area (Å²) in [5.41, 5.74) is 0.602. The lowest BCUT2D eigenvalue weighted by atomic mass is 10.2. The van der Waals surface area contributed by atoms with E-state index in [4.69, 9.17) is 4.74 Å². The van der Waals surface area contributed by atoms with E-state index in [1.54, 1.807) is 12.3 Å². The largest absolute Gasteiger partial charge is 0.474 e. The van der Waals surface area contributed by atoms with Crippen molar-refractivity contribution in [3.63, 3.8) is 0 Å². The average molecular weight is 281 g/mol. The van der Waals surface area contributed by atoms with Crippen LogP contribution in [-0.4, -0.2) is 42.2 Å². The van der Waals surface area contributed by atoms with E-state index in [2.05, 4.69) is 15.2 Å². The van der Waals surface area contributed by atoms with Crippen molar-refractivity contribution in [3.8, 4) is 5.88 Å². The van der Waals surface area contributed by atoms with Crippen molar-refractivity contribution in [1.82, 2.24) is 15.2 Å². The first-order valence-electron chi connectivity index (χ1n) is 7.38. The van der Waals surface area contributed by atoms with Gasteiger partial charge in [0.1, 0.15) is 6.61 Å². The number of aromatic nitrogens is 1. The van der Waals surface area contributed by atoms with Gasteiger partial charge in [0.2, 0.25) is 0 Å². The minimum Gasteiger partial charge on any atom is -0.474 e. The Kier molecular flexibility index (Phi) is 5.73. The molecule has 0 radical (unpaired) electrons. The smallest absolute Gasteiger partial charge is 0.250 e. The third-order valence-corrected chi connectivity index (χ3v) is 3.48. The molecule has 0 saturated carbocycles. The molecular formula is C15H24FN3O. The maximum atomic E-state index is 14.2. The summed E-state index contributed by atoms with van der Waals surface area (Å²) in [5.74, 6) is -0.227. The zero-order valence-corrected chi connectivity index (χ0v) is 12.4. The molecule has 5 heteroatoms. The maximum Gasteiger partial charge on any atom is 0.250 e. The number of nitrogens with one attached hydrogen (secondary N) is 1. The Morgan fingerprint density at radius 1 is 1.40 bits per heavy atom. The fourth-order valence-electron chi connectivity index (χ4n) is 2.29. The van der Waals surface area contributed by atoms with Gasteiger partial charge in [0.25, 0.3) is 5.88 Å². The summed E-state index contributed by atoms with van der Waals surface area (Å²) in [6.07, 6.45) is 4.11. The number of rotatable bonds is 7. The molecule has 0 atom stereocenters. The molecule has 0 amide bonds. The summed E-state index contributed by atoms with van der Waals surface area (Å²) >= 11 is 0. The van der Waals surface area contributed by atoms with Crippen LogP contribution in [-0.2, 0) is 6.54 Å². The summed E-state index contributed by atoms with van der Waals surface area (Å²) in [6.45, 7) is 8.14. The molecule has 0 aliphatic carbocycles. The average Bonchev–Trinajstić information content (AvgIpc) is 2.92. The minimum atomic E-state index is -0.345. The second-order valence-electron chi connectivity index (χ2n) is 5.52. The molecule has 2 heterocycles. The van der Waals surface area contributed by atoms with Crippen LogP contribution >= 0.6 is 0 Å². The second kappa shape index (κ2) is 7.55. The monoisotopic (exact) mass is 281 g/mol. The van der Waals surface area contributed by atoms with E-state index >= 15 is 0 Å². The lowest BCUT2D eigenvalue weighted by molar-refractivity contribution is 0.224. The molecule has 4 nitrogen and oxygen atoms in total. The lowest BCUT2D eigenvalue weighted by Gasteiger charge is -2.15. The van der Waals surface area contributed by atoms with E-state index in [9.17, 15) is 4.39 Å². The summed E-state index contributed by atoms with van der Waals surface area (Å²) in [5, 5.41) is 3.20. The van der Waals surface area contributed by atoms with Gasteiger partial charge < -0.3 is 10.1 Å². The predicted octanol–water partition coefficient (Wildman–Crippen LogP) is 2.19. The van der Waals surface area contributed by atoms with Crippen LogP contribution in [0.15, 0.2) is 12.3 Å². The highest BCUT2D eigenvalue weighted by Crippen LogP contribution is 2.17. The molecule has 1 aliphatic rings. The number of hydrogen-bond donors (Lipinski definition) is 1. The molecule has 0 bridgehead atoms. The van der Waals surface area contributed by atoms with Crippen molar-refractivity contribution in [2.24, 2.45) is 0 Å². The zero-order chi connectivity index (χ0) is 14.4. The Balaban J connectivity index is 1.85. The molecule has 1 aromatic rings. The van der Waals surface area contributed by atoms with Crippen molar-refractivity contribution < 1.29 is 9.13 Å². The van der Waals surface area contributed by atoms with Crippen LogP contribution in [0.3, 0.4) is 0 Å². The highest BCUT2D eigenvalue weighted by molar-refractivity contribution is 5.23. The van der Waals surface area contributed by atoms with Crippen molar-refractivity contribution >= 4 is 0 Å². The normalized spacial score (nSPS) is 16.0. The highest BCUT2D eigenvalue weighted by atomic mass is 19.1. The van der Waals surface area contributed by atoms with Gasteiger partial charge in [-0.25, -0.2) is 9.37 Å². The van der Waals surface area contributed by atoms with Crippen molar-refractivity contribution in [3.05, 3.63) is 23.6 Å². The van der Waals surface area contributed by atoms with E-state index in [1.165, 1.54) is 12.8 Å². The summed E-state index contributed by atoms with van der Waals surface area (Å²) in [4.78, 5) is 6.32. The molecule has 2 rings (SSSR count). The Labute approximate surface area is 120 Å². The van der Waals surface area contributed by atoms with Crippen LogP contribution < -0.4 is 10.1 Å². The van der Waals surface area contributed by atoms with Gasteiger partial charge in [0.15, 0.2) is 5.82 Å². The molecule has 112 valence electrons. The van der Waals surface area contributed by atoms with Gasteiger partial charge in [0, 0.05) is 30.9 Å². The van der Waals surface area contributed by atoms with Gasteiger partial charge >= 0.3 is 0 Å². The van der Waals surface area contributed by atoms with E-state index in [-0.39, 0.29) is 11.7 Å². The van der Waals surface area contributed by atoms with Crippen molar-refractivity contribution in [2.75, 3.05) is 26.2 Å². The molecule has 1 aliphatic heterocycles. The molecule has 0 spiro atoms. The number of pyridine rings is 1. The van der Waals surface area contributed by atoms with Crippen LogP contribution in [0, 0.1) is 5.82 Å². The molecule has 1 N–H and O–H groups in total. The number of likely N-dealkylation sites (tertiary alicyclic amines) is 1. The Bertz CT molecular complexity index is 420. The molecule has 1 saturated heterocycles. The van der Waals surface area contributed by atoms with Crippen molar-refractivity contribution in [1.29, 1.82) is 0 Å². The van der Waals surface area contributed by atoms with Gasteiger partial charge in [-0.3, -0.25) is 4.90 Å². The second-order valence-corrected chi connectivity index (χ2v) is 5.52. The summed E-state index contributed by atoms with van der Waals surface area (Å²) in [7, 11) is 0. The van der Waals surface area contributed by atoms with Gasteiger partial charge in [-0.05, 0) is 32.0 Å². The molecular weight excluding hydrogens is 257 g/mol.